The molecule has 1 aliphatic heterocycles. The molecule has 19 heavy (non-hydrogen) atoms. The van der Waals surface area contributed by atoms with Crippen molar-refractivity contribution >= 4 is 11.7 Å². The number of para-hydroxylation sites is 1. The van der Waals surface area contributed by atoms with E-state index in [0.29, 0.717) is 19.6 Å². The number of nitrogens with zero attached hydrogens (tertiary/aromatic N) is 1. The average Bonchev–Trinajstić information content (AvgIpc) is 2.38. The maximum Gasteiger partial charge on any atom is 0.322 e. The largest absolute Gasteiger partial charge is 0.367 e. The van der Waals surface area contributed by atoms with E-state index in [1.165, 1.54) is 0 Å². The Labute approximate surface area is 113 Å². The van der Waals surface area contributed by atoms with Gasteiger partial charge in [0.05, 0.1) is 18.2 Å². The van der Waals surface area contributed by atoms with E-state index in [2.05, 4.69) is 5.32 Å². The van der Waals surface area contributed by atoms with Gasteiger partial charge < -0.3 is 20.7 Å². The van der Waals surface area contributed by atoms with Crippen LogP contribution in [-0.2, 0) is 4.74 Å². The summed E-state index contributed by atoms with van der Waals surface area (Å²) in [5.41, 5.74) is 6.08. The molecule has 1 heterocycles. The Morgan fingerprint density at radius 3 is 2.79 bits per heavy atom. The van der Waals surface area contributed by atoms with Crippen LogP contribution in [0, 0.1) is 0 Å². The number of hydrogen-bond donors (Lipinski definition) is 2. The van der Waals surface area contributed by atoms with Crippen molar-refractivity contribution in [3.05, 3.63) is 30.3 Å². The Bertz CT molecular complexity index is 434. The molecule has 2 amide bonds. The van der Waals surface area contributed by atoms with Crippen LogP contribution in [-0.4, -0.2) is 42.3 Å². The molecule has 1 fully saturated rings. The van der Waals surface area contributed by atoms with Gasteiger partial charge in [0, 0.05) is 18.8 Å². The summed E-state index contributed by atoms with van der Waals surface area (Å²) in [5.74, 6) is 0. The molecular formula is C14H21N3O2. The highest BCUT2D eigenvalue weighted by Gasteiger charge is 2.34. The van der Waals surface area contributed by atoms with Gasteiger partial charge in [0.2, 0.25) is 0 Å². The van der Waals surface area contributed by atoms with Crippen LogP contribution in [0.4, 0.5) is 10.5 Å². The number of anilines is 1. The van der Waals surface area contributed by atoms with Crippen LogP contribution >= 0.6 is 0 Å². The molecule has 1 saturated heterocycles. The van der Waals surface area contributed by atoms with Crippen molar-refractivity contribution in [1.29, 1.82) is 0 Å². The van der Waals surface area contributed by atoms with E-state index in [1.54, 1.807) is 4.90 Å². The number of amides is 2. The van der Waals surface area contributed by atoms with E-state index in [9.17, 15) is 4.79 Å². The molecule has 0 aromatic heterocycles. The number of carbonyl (C=O) groups is 1. The molecule has 3 N–H and O–H groups in total. The molecule has 0 spiro atoms. The van der Waals surface area contributed by atoms with E-state index in [0.717, 1.165) is 5.69 Å². The van der Waals surface area contributed by atoms with Crippen molar-refractivity contribution in [3.8, 4) is 0 Å². The molecule has 1 unspecified atom stereocenters. The number of carbonyl (C=O) groups excluding carboxylic acids is 1. The lowest BCUT2D eigenvalue weighted by atomic mass is 10.1. The van der Waals surface area contributed by atoms with Crippen molar-refractivity contribution < 1.29 is 9.53 Å². The normalized spacial score (nSPS) is 22.1. The van der Waals surface area contributed by atoms with E-state index >= 15 is 0 Å². The summed E-state index contributed by atoms with van der Waals surface area (Å²) in [6.45, 7) is 5.44. The zero-order chi connectivity index (χ0) is 13.9. The van der Waals surface area contributed by atoms with Crippen LogP contribution in [0.1, 0.15) is 13.8 Å². The fourth-order valence-corrected chi connectivity index (χ4v) is 2.30. The lowest BCUT2D eigenvalue weighted by Crippen LogP contribution is -2.57. The highest BCUT2D eigenvalue weighted by molar-refractivity contribution is 5.89. The summed E-state index contributed by atoms with van der Waals surface area (Å²) in [6, 6.07) is 9.32. The first-order valence-electron chi connectivity index (χ1n) is 6.49. The molecule has 1 aromatic carbocycles. The average molecular weight is 263 g/mol. The predicted molar refractivity (Wildman–Crippen MR) is 75.0 cm³/mol. The quantitative estimate of drug-likeness (QED) is 0.852. The molecule has 1 aromatic rings. The first kappa shape index (κ1) is 13.8. The standard InChI is InChI=1S/C14H21N3O2/c1-14(2)10-17(9-12(8-15)19-14)13(18)16-11-6-4-3-5-7-11/h3-7,12H,8-10,15H2,1-2H3,(H,16,18). The van der Waals surface area contributed by atoms with Gasteiger partial charge in [-0.3, -0.25) is 0 Å². The molecule has 0 aliphatic carbocycles. The zero-order valence-electron chi connectivity index (χ0n) is 11.4. The second kappa shape index (κ2) is 5.59. The molecular weight excluding hydrogens is 242 g/mol. The molecule has 2 rings (SSSR count). The lowest BCUT2D eigenvalue weighted by Gasteiger charge is -2.42. The first-order valence-corrected chi connectivity index (χ1v) is 6.49. The number of ether oxygens (including phenoxy) is 1. The lowest BCUT2D eigenvalue weighted by molar-refractivity contribution is -0.119. The summed E-state index contributed by atoms with van der Waals surface area (Å²) in [7, 11) is 0. The fourth-order valence-electron chi connectivity index (χ4n) is 2.30. The van der Waals surface area contributed by atoms with Crippen molar-refractivity contribution in [2.24, 2.45) is 5.73 Å². The van der Waals surface area contributed by atoms with E-state index in [1.807, 2.05) is 44.2 Å². The third kappa shape index (κ3) is 3.68. The number of hydrogen-bond acceptors (Lipinski definition) is 3. The smallest absolute Gasteiger partial charge is 0.322 e. The number of nitrogens with two attached hydrogens (primary N) is 1. The van der Waals surface area contributed by atoms with Gasteiger partial charge in [-0.25, -0.2) is 4.79 Å². The van der Waals surface area contributed by atoms with Gasteiger partial charge in [-0.1, -0.05) is 18.2 Å². The number of benzene rings is 1. The van der Waals surface area contributed by atoms with Gasteiger partial charge >= 0.3 is 6.03 Å². The number of urea groups is 1. The molecule has 5 heteroatoms. The molecule has 0 bridgehead atoms. The maximum atomic E-state index is 12.2. The van der Waals surface area contributed by atoms with Crippen molar-refractivity contribution in [2.45, 2.75) is 25.6 Å². The van der Waals surface area contributed by atoms with Gasteiger partial charge in [-0.05, 0) is 26.0 Å². The minimum atomic E-state index is -0.365. The molecule has 5 nitrogen and oxygen atoms in total. The monoisotopic (exact) mass is 263 g/mol. The van der Waals surface area contributed by atoms with Gasteiger partial charge in [0.1, 0.15) is 0 Å². The second-order valence-electron chi connectivity index (χ2n) is 5.41. The van der Waals surface area contributed by atoms with Crippen LogP contribution in [0.25, 0.3) is 0 Å². The van der Waals surface area contributed by atoms with E-state index < -0.39 is 0 Å². The summed E-state index contributed by atoms with van der Waals surface area (Å²) in [5, 5.41) is 2.88. The van der Waals surface area contributed by atoms with Crippen LogP contribution in [0.5, 0.6) is 0 Å². The van der Waals surface area contributed by atoms with E-state index in [4.69, 9.17) is 10.5 Å². The summed E-state index contributed by atoms with van der Waals surface area (Å²) < 4.78 is 5.81. The number of nitrogens with one attached hydrogen (secondary N) is 1. The Morgan fingerprint density at radius 2 is 2.16 bits per heavy atom. The zero-order valence-corrected chi connectivity index (χ0v) is 11.4. The SMILES string of the molecule is CC1(C)CN(C(=O)Nc2ccccc2)CC(CN)O1. The Morgan fingerprint density at radius 1 is 1.47 bits per heavy atom. The van der Waals surface area contributed by atoms with E-state index in [-0.39, 0.29) is 17.7 Å². The van der Waals surface area contributed by atoms with Gasteiger partial charge in [0.25, 0.3) is 0 Å². The Balaban J connectivity index is 2.02. The minimum Gasteiger partial charge on any atom is -0.367 e. The molecule has 1 atom stereocenters. The van der Waals surface area contributed by atoms with Crippen molar-refractivity contribution in [2.75, 3.05) is 25.0 Å². The molecule has 0 radical (unpaired) electrons. The fraction of sp³-hybridized carbons (Fsp3) is 0.500. The Kier molecular flexibility index (Phi) is 4.07. The highest BCUT2D eigenvalue weighted by atomic mass is 16.5. The van der Waals surface area contributed by atoms with Gasteiger partial charge in [0.15, 0.2) is 0 Å². The molecule has 104 valence electrons. The highest BCUT2D eigenvalue weighted by Crippen LogP contribution is 2.21. The van der Waals surface area contributed by atoms with Crippen LogP contribution in [0.15, 0.2) is 30.3 Å². The third-order valence-corrected chi connectivity index (χ3v) is 3.06. The third-order valence-electron chi connectivity index (χ3n) is 3.06. The van der Waals surface area contributed by atoms with Crippen molar-refractivity contribution in [3.63, 3.8) is 0 Å². The number of rotatable bonds is 2. The van der Waals surface area contributed by atoms with Crippen molar-refractivity contribution in [1.82, 2.24) is 4.90 Å². The predicted octanol–water partition coefficient (Wildman–Crippen LogP) is 1.66. The topological polar surface area (TPSA) is 67.6 Å². The van der Waals surface area contributed by atoms with Crippen LogP contribution < -0.4 is 11.1 Å². The second-order valence-corrected chi connectivity index (χ2v) is 5.41. The van der Waals surface area contributed by atoms with Crippen LogP contribution in [0.3, 0.4) is 0 Å². The summed E-state index contributed by atoms with van der Waals surface area (Å²) in [4.78, 5) is 14.0. The summed E-state index contributed by atoms with van der Waals surface area (Å²) in [6.07, 6.45) is -0.106. The van der Waals surface area contributed by atoms with Gasteiger partial charge in [-0.2, -0.15) is 0 Å². The maximum absolute atomic E-state index is 12.2. The van der Waals surface area contributed by atoms with Gasteiger partial charge in [-0.15, -0.1) is 0 Å². The summed E-state index contributed by atoms with van der Waals surface area (Å²) >= 11 is 0. The van der Waals surface area contributed by atoms with Crippen LogP contribution in [0.2, 0.25) is 0 Å². The Hall–Kier alpha value is -1.59. The minimum absolute atomic E-state index is 0.106. The molecule has 1 aliphatic rings. The number of morpholine rings is 1. The first-order chi connectivity index (χ1) is 9.00. The molecule has 0 saturated carbocycles.